The topological polar surface area (TPSA) is 52.1 Å². The number of nitrogens with one attached hydrogen (secondary N) is 2. The van der Waals surface area contributed by atoms with Crippen LogP contribution in [0.2, 0.25) is 0 Å². The van der Waals surface area contributed by atoms with Gasteiger partial charge in [-0.25, -0.2) is 0 Å². The second-order valence-corrected chi connectivity index (χ2v) is 7.67. The largest absolute Gasteiger partial charge is 0.382 e. The predicted octanol–water partition coefficient (Wildman–Crippen LogP) is 3.36. The van der Waals surface area contributed by atoms with Gasteiger partial charge in [-0.15, -0.1) is 24.0 Å². The summed E-state index contributed by atoms with van der Waals surface area (Å²) in [4.78, 5) is 9.83. The van der Waals surface area contributed by atoms with Crippen LogP contribution in [-0.2, 0) is 4.74 Å². The quantitative estimate of drug-likeness (QED) is 0.188. The first-order chi connectivity index (χ1) is 14.2. The van der Waals surface area contributed by atoms with E-state index in [9.17, 15) is 0 Å². The van der Waals surface area contributed by atoms with Gasteiger partial charge in [-0.2, -0.15) is 0 Å². The highest BCUT2D eigenvalue weighted by Crippen LogP contribution is 2.24. The van der Waals surface area contributed by atoms with Crippen LogP contribution < -0.4 is 10.6 Å². The molecule has 0 aliphatic carbocycles. The van der Waals surface area contributed by atoms with Crippen LogP contribution in [0.25, 0.3) is 0 Å². The van der Waals surface area contributed by atoms with Gasteiger partial charge in [0.1, 0.15) is 0 Å². The molecule has 0 radical (unpaired) electrons. The van der Waals surface area contributed by atoms with Crippen LogP contribution in [-0.4, -0.2) is 81.8 Å². The molecule has 6 nitrogen and oxygen atoms in total. The Balaban J connectivity index is 0.00000450. The normalized spacial score (nSPS) is 18.1. The summed E-state index contributed by atoms with van der Waals surface area (Å²) >= 11 is 0. The molecular formula is C23H42IN5O. The Morgan fingerprint density at radius 3 is 2.63 bits per heavy atom. The number of guanidine groups is 1. The van der Waals surface area contributed by atoms with E-state index >= 15 is 0 Å². The Bertz CT molecular complexity index is 572. The Kier molecular flexibility index (Phi) is 15.2. The van der Waals surface area contributed by atoms with Gasteiger partial charge in [0, 0.05) is 65.1 Å². The highest BCUT2D eigenvalue weighted by Gasteiger charge is 2.25. The van der Waals surface area contributed by atoms with Gasteiger partial charge in [0.2, 0.25) is 0 Å². The van der Waals surface area contributed by atoms with Crippen molar-refractivity contribution in [1.29, 1.82) is 0 Å². The molecule has 7 heteroatoms. The first-order valence-corrected chi connectivity index (χ1v) is 11.3. The number of ether oxygens (including phenoxy) is 1. The number of unbranched alkanes of at least 4 members (excludes halogenated alkanes) is 1. The van der Waals surface area contributed by atoms with Gasteiger partial charge >= 0.3 is 0 Å². The molecule has 30 heavy (non-hydrogen) atoms. The summed E-state index contributed by atoms with van der Waals surface area (Å²) in [6.45, 7) is 12.9. The van der Waals surface area contributed by atoms with Gasteiger partial charge in [-0.05, 0) is 45.7 Å². The molecule has 1 saturated heterocycles. The summed E-state index contributed by atoms with van der Waals surface area (Å²) in [5.41, 5.74) is 1.42. The number of halogens is 1. The number of likely N-dealkylation sites (N-methyl/N-ethyl adjacent to an activating group) is 1. The lowest BCUT2D eigenvalue weighted by atomic mass is 10.0. The first-order valence-electron chi connectivity index (χ1n) is 11.3. The molecule has 1 heterocycles. The molecule has 1 unspecified atom stereocenters. The third-order valence-corrected chi connectivity index (χ3v) is 5.31. The van der Waals surface area contributed by atoms with Gasteiger partial charge in [0.05, 0.1) is 0 Å². The first kappa shape index (κ1) is 27.1. The maximum absolute atomic E-state index is 5.39. The van der Waals surface area contributed by atoms with Gasteiger partial charge < -0.3 is 20.3 Å². The molecule has 172 valence electrons. The number of aliphatic imine (C=N–C) groups is 1. The Hall–Kier alpha value is -0.900. The second-order valence-electron chi connectivity index (χ2n) is 7.67. The number of hydrogen-bond donors (Lipinski definition) is 2. The summed E-state index contributed by atoms with van der Waals surface area (Å²) in [6, 6.07) is 11.4. The monoisotopic (exact) mass is 531 g/mol. The van der Waals surface area contributed by atoms with Crippen LogP contribution in [0.5, 0.6) is 0 Å². The van der Waals surface area contributed by atoms with Crippen LogP contribution in [0.15, 0.2) is 35.3 Å². The summed E-state index contributed by atoms with van der Waals surface area (Å²) in [5.74, 6) is 0.932. The zero-order chi connectivity index (χ0) is 20.7. The predicted molar refractivity (Wildman–Crippen MR) is 138 cm³/mol. The Labute approximate surface area is 200 Å². The van der Waals surface area contributed by atoms with Gasteiger partial charge in [0.15, 0.2) is 5.96 Å². The van der Waals surface area contributed by atoms with E-state index in [2.05, 4.69) is 64.7 Å². The van der Waals surface area contributed by atoms with Crippen LogP contribution in [0.4, 0.5) is 0 Å². The van der Waals surface area contributed by atoms with E-state index in [0.29, 0.717) is 6.04 Å². The fourth-order valence-electron chi connectivity index (χ4n) is 3.70. The van der Waals surface area contributed by atoms with Gasteiger partial charge in [0.25, 0.3) is 0 Å². The number of rotatable bonds is 12. The third-order valence-electron chi connectivity index (χ3n) is 5.31. The standard InChI is InChI=1S/C23H41N5O.HI/c1-4-24-23(25-14-9-10-19-29-5-2)26-15-11-16-28-18-17-27(3)20-22(28)21-12-7-6-8-13-21;/h6-8,12-13,22H,4-5,9-11,14-20H2,1-3H3,(H2,24,25,26);1H. The molecule has 0 saturated carbocycles. The SMILES string of the molecule is CCNC(=NCCCN1CCN(C)CC1c1ccccc1)NCCCCOCC.I. The average Bonchev–Trinajstić information content (AvgIpc) is 2.75. The van der Waals surface area contributed by atoms with E-state index in [4.69, 9.17) is 9.73 Å². The van der Waals surface area contributed by atoms with E-state index in [-0.39, 0.29) is 24.0 Å². The van der Waals surface area contributed by atoms with E-state index in [1.165, 1.54) is 5.56 Å². The minimum absolute atomic E-state index is 0. The highest BCUT2D eigenvalue weighted by atomic mass is 127. The maximum Gasteiger partial charge on any atom is 0.191 e. The van der Waals surface area contributed by atoms with Crippen molar-refractivity contribution in [2.24, 2.45) is 4.99 Å². The third kappa shape index (κ3) is 10.4. The molecule has 1 aromatic rings. The molecule has 2 N–H and O–H groups in total. The fourth-order valence-corrected chi connectivity index (χ4v) is 3.70. The molecule has 0 spiro atoms. The molecule has 0 aromatic heterocycles. The second kappa shape index (κ2) is 16.8. The zero-order valence-electron chi connectivity index (χ0n) is 19.1. The summed E-state index contributed by atoms with van der Waals surface area (Å²) in [5, 5.41) is 6.79. The Morgan fingerprint density at radius 1 is 1.10 bits per heavy atom. The van der Waals surface area contributed by atoms with Crippen molar-refractivity contribution < 1.29 is 4.74 Å². The number of benzene rings is 1. The molecule has 2 rings (SSSR count). The summed E-state index contributed by atoms with van der Waals surface area (Å²) in [6.07, 6.45) is 3.27. The lowest BCUT2D eigenvalue weighted by Crippen LogP contribution is -2.47. The maximum atomic E-state index is 5.39. The molecule has 1 aliphatic rings. The van der Waals surface area contributed by atoms with Crippen LogP contribution in [0.3, 0.4) is 0 Å². The van der Waals surface area contributed by atoms with Crippen molar-refractivity contribution in [3.05, 3.63) is 35.9 Å². The molecule has 0 bridgehead atoms. The van der Waals surface area contributed by atoms with E-state index in [1.54, 1.807) is 0 Å². The van der Waals surface area contributed by atoms with Crippen molar-refractivity contribution in [1.82, 2.24) is 20.4 Å². The van der Waals surface area contributed by atoms with Crippen molar-refractivity contribution in [3.8, 4) is 0 Å². The number of nitrogens with zero attached hydrogens (tertiary/aromatic N) is 3. The molecule has 1 atom stereocenters. The lowest BCUT2D eigenvalue weighted by Gasteiger charge is -2.40. The van der Waals surface area contributed by atoms with Crippen LogP contribution >= 0.6 is 24.0 Å². The lowest BCUT2D eigenvalue weighted by molar-refractivity contribution is 0.0894. The van der Waals surface area contributed by atoms with Gasteiger partial charge in [-0.1, -0.05) is 30.3 Å². The minimum Gasteiger partial charge on any atom is -0.382 e. The van der Waals surface area contributed by atoms with E-state index in [1.807, 2.05) is 6.92 Å². The molecule has 1 aromatic carbocycles. The smallest absolute Gasteiger partial charge is 0.191 e. The molecule has 1 aliphatic heterocycles. The van der Waals surface area contributed by atoms with Crippen molar-refractivity contribution in [3.63, 3.8) is 0 Å². The van der Waals surface area contributed by atoms with Crippen LogP contribution in [0.1, 0.15) is 44.7 Å². The van der Waals surface area contributed by atoms with Crippen molar-refractivity contribution in [2.75, 3.05) is 66.1 Å². The number of hydrogen-bond acceptors (Lipinski definition) is 4. The van der Waals surface area contributed by atoms with Crippen molar-refractivity contribution >= 4 is 29.9 Å². The average molecular weight is 532 g/mol. The summed E-state index contributed by atoms with van der Waals surface area (Å²) in [7, 11) is 2.22. The van der Waals surface area contributed by atoms with Crippen LogP contribution in [0, 0.1) is 0 Å². The Morgan fingerprint density at radius 2 is 1.90 bits per heavy atom. The van der Waals surface area contributed by atoms with Crippen molar-refractivity contribution in [2.45, 2.75) is 39.2 Å². The molecule has 0 amide bonds. The molecule has 1 fully saturated rings. The van der Waals surface area contributed by atoms with Gasteiger partial charge in [-0.3, -0.25) is 9.89 Å². The van der Waals surface area contributed by atoms with E-state index in [0.717, 1.165) is 84.2 Å². The summed E-state index contributed by atoms with van der Waals surface area (Å²) < 4.78 is 5.39. The fraction of sp³-hybridized carbons (Fsp3) is 0.696. The number of piperazine rings is 1. The highest BCUT2D eigenvalue weighted by molar-refractivity contribution is 14.0. The zero-order valence-corrected chi connectivity index (χ0v) is 21.4. The molecular weight excluding hydrogens is 489 g/mol. The van der Waals surface area contributed by atoms with E-state index < -0.39 is 0 Å². The minimum atomic E-state index is 0.